The third kappa shape index (κ3) is 2.71. The molecular weight excluding hydrogens is 182 g/mol. The summed E-state index contributed by atoms with van der Waals surface area (Å²) in [5.74, 6) is 0. The molecule has 14 heavy (non-hydrogen) atoms. The fourth-order valence-electron chi connectivity index (χ4n) is 0.822. The summed E-state index contributed by atoms with van der Waals surface area (Å²) in [6.07, 6.45) is 3.01. The van der Waals surface area contributed by atoms with Gasteiger partial charge in [-0.15, -0.1) is 0 Å². The topological polar surface area (TPSA) is 67.5 Å². The maximum absolute atomic E-state index is 10.3. The average Bonchev–Trinajstić information content (AvgIpc) is 2.19. The highest BCUT2D eigenvalue weighted by atomic mass is 16.6. The number of hydrogen-bond donors (Lipinski definition) is 1. The van der Waals surface area contributed by atoms with Crippen LogP contribution in [0.5, 0.6) is 0 Å². The minimum atomic E-state index is -0.448. The highest BCUT2D eigenvalue weighted by Gasteiger charge is 2.02. The third-order valence-corrected chi connectivity index (χ3v) is 1.45. The van der Waals surface area contributed by atoms with Gasteiger partial charge < -0.3 is 0 Å². The van der Waals surface area contributed by atoms with Gasteiger partial charge in [0.2, 0.25) is 0 Å². The molecule has 0 aromatic heterocycles. The predicted molar refractivity (Wildman–Crippen MR) is 55.4 cm³/mol. The van der Waals surface area contributed by atoms with Crippen LogP contribution in [0.25, 0.3) is 0 Å². The molecule has 0 aliphatic heterocycles. The van der Waals surface area contributed by atoms with E-state index in [1.807, 2.05) is 0 Å². The van der Waals surface area contributed by atoms with Crippen molar-refractivity contribution in [3.63, 3.8) is 0 Å². The predicted octanol–water partition coefficient (Wildman–Crippen LogP) is 2.18. The lowest BCUT2D eigenvalue weighted by atomic mass is 10.3. The van der Waals surface area contributed by atoms with E-state index in [2.05, 4.69) is 17.1 Å². The van der Waals surface area contributed by atoms with E-state index in [1.165, 1.54) is 24.4 Å². The summed E-state index contributed by atoms with van der Waals surface area (Å²) in [7, 11) is 0. The van der Waals surface area contributed by atoms with E-state index in [0.717, 1.165) is 0 Å². The quantitative estimate of drug-likeness (QED) is 0.450. The molecule has 0 atom stereocenters. The van der Waals surface area contributed by atoms with Gasteiger partial charge in [-0.3, -0.25) is 15.5 Å². The van der Waals surface area contributed by atoms with Crippen LogP contribution in [0.1, 0.15) is 0 Å². The zero-order valence-corrected chi connectivity index (χ0v) is 7.38. The van der Waals surface area contributed by atoms with Crippen LogP contribution in [0.3, 0.4) is 0 Å². The van der Waals surface area contributed by atoms with Gasteiger partial charge in [0.05, 0.1) is 10.6 Å². The van der Waals surface area contributed by atoms with Crippen molar-refractivity contribution in [3.05, 3.63) is 47.0 Å². The van der Waals surface area contributed by atoms with Gasteiger partial charge in [0.1, 0.15) is 0 Å². The Hall–Kier alpha value is -2.17. The maximum Gasteiger partial charge on any atom is 0.269 e. The van der Waals surface area contributed by atoms with E-state index in [-0.39, 0.29) is 5.69 Å². The number of hydrazone groups is 1. The standard InChI is InChI=1S/C9H9N3O2/c1-2-7-10-11-8-3-5-9(6-4-8)12(13)14/h2-7,11H,1H2. The molecule has 0 heterocycles. The van der Waals surface area contributed by atoms with E-state index in [9.17, 15) is 10.1 Å². The molecule has 72 valence electrons. The van der Waals surface area contributed by atoms with E-state index >= 15 is 0 Å². The van der Waals surface area contributed by atoms with E-state index < -0.39 is 4.92 Å². The van der Waals surface area contributed by atoms with Gasteiger partial charge in [0.25, 0.3) is 5.69 Å². The first-order valence-electron chi connectivity index (χ1n) is 3.88. The molecule has 1 aromatic carbocycles. The second kappa shape index (κ2) is 4.76. The molecule has 0 bridgehead atoms. The second-order valence-corrected chi connectivity index (χ2v) is 2.43. The number of nitrogens with one attached hydrogen (secondary N) is 1. The minimum absolute atomic E-state index is 0.0586. The second-order valence-electron chi connectivity index (χ2n) is 2.43. The van der Waals surface area contributed by atoms with Gasteiger partial charge in [-0.2, -0.15) is 5.10 Å². The molecule has 0 unspecified atom stereocenters. The lowest BCUT2D eigenvalue weighted by Gasteiger charge is -1.97. The van der Waals surface area contributed by atoms with Crippen LogP contribution in [-0.2, 0) is 0 Å². The molecular formula is C9H9N3O2. The first-order valence-corrected chi connectivity index (χ1v) is 3.88. The molecule has 0 aliphatic rings. The number of allylic oxidation sites excluding steroid dienone is 1. The van der Waals surface area contributed by atoms with Crippen molar-refractivity contribution in [1.29, 1.82) is 0 Å². The van der Waals surface area contributed by atoms with Gasteiger partial charge in [0.15, 0.2) is 0 Å². The summed E-state index contributed by atoms with van der Waals surface area (Å²) in [4.78, 5) is 9.87. The summed E-state index contributed by atoms with van der Waals surface area (Å²) in [6.45, 7) is 3.45. The Balaban J connectivity index is 2.68. The number of non-ortho nitro benzene ring substituents is 1. The van der Waals surface area contributed by atoms with Gasteiger partial charge in [-0.25, -0.2) is 0 Å². The molecule has 0 aliphatic carbocycles. The summed E-state index contributed by atoms with van der Waals surface area (Å²) >= 11 is 0. The summed E-state index contributed by atoms with van der Waals surface area (Å²) < 4.78 is 0. The normalized spacial score (nSPS) is 10.0. The smallest absolute Gasteiger partial charge is 0.269 e. The van der Waals surface area contributed by atoms with E-state index in [1.54, 1.807) is 12.1 Å². The molecule has 5 heteroatoms. The fourth-order valence-corrected chi connectivity index (χ4v) is 0.822. The Bertz CT molecular complexity index is 357. The van der Waals surface area contributed by atoms with Crippen molar-refractivity contribution in [3.8, 4) is 0 Å². The zero-order valence-electron chi connectivity index (χ0n) is 7.38. The largest absolute Gasteiger partial charge is 0.279 e. The number of nitro groups is 1. The first-order chi connectivity index (χ1) is 6.74. The molecule has 0 radical (unpaired) electrons. The fraction of sp³-hybridized carbons (Fsp3) is 0. The SMILES string of the molecule is C=CC=NNc1ccc([N+](=O)[O-])cc1. The van der Waals surface area contributed by atoms with Crippen LogP contribution >= 0.6 is 0 Å². The Morgan fingerprint density at radius 3 is 2.57 bits per heavy atom. The molecule has 0 fully saturated rings. The number of nitro benzene ring substituents is 1. The van der Waals surface area contributed by atoms with Crippen molar-refractivity contribution in [1.82, 2.24) is 0 Å². The van der Waals surface area contributed by atoms with Gasteiger partial charge in [-0.05, 0) is 18.2 Å². The van der Waals surface area contributed by atoms with E-state index in [4.69, 9.17) is 0 Å². The first kappa shape index (κ1) is 9.91. The Labute approximate surface area is 80.9 Å². The number of benzene rings is 1. The number of anilines is 1. The molecule has 1 aromatic rings. The van der Waals surface area contributed by atoms with Crippen LogP contribution in [0.4, 0.5) is 11.4 Å². The highest BCUT2D eigenvalue weighted by Crippen LogP contribution is 2.14. The lowest BCUT2D eigenvalue weighted by molar-refractivity contribution is -0.384. The number of rotatable bonds is 4. The summed E-state index contributed by atoms with van der Waals surface area (Å²) in [5.41, 5.74) is 3.43. The van der Waals surface area contributed by atoms with Gasteiger partial charge >= 0.3 is 0 Å². The highest BCUT2D eigenvalue weighted by molar-refractivity contribution is 5.71. The number of nitrogens with zero attached hydrogens (tertiary/aromatic N) is 2. The van der Waals surface area contributed by atoms with E-state index in [0.29, 0.717) is 5.69 Å². The van der Waals surface area contributed by atoms with Crippen molar-refractivity contribution in [2.24, 2.45) is 5.10 Å². The van der Waals surface area contributed by atoms with Crippen molar-refractivity contribution >= 4 is 17.6 Å². The monoisotopic (exact) mass is 191 g/mol. The molecule has 0 saturated heterocycles. The molecule has 0 spiro atoms. The molecule has 0 amide bonds. The van der Waals surface area contributed by atoms with Crippen LogP contribution in [0, 0.1) is 10.1 Å². The minimum Gasteiger partial charge on any atom is -0.279 e. The van der Waals surface area contributed by atoms with Gasteiger partial charge in [0, 0.05) is 18.3 Å². The van der Waals surface area contributed by atoms with Crippen LogP contribution in [-0.4, -0.2) is 11.1 Å². The molecule has 1 rings (SSSR count). The van der Waals surface area contributed by atoms with Crippen LogP contribution < -0.4 is 5.43 Å². The van der Waals surface area contributed by atoms with Crippen molar-refractivity contribution in [2.45, 2.75) is 0 Å². The molecule has 5 nitrogen and oxygen atoms in total. The van der Waals surface area contributed by atoms with Crippen molar-refractivity contribution in [2.75, 3.05) is 5.43 Å². The third-order valence-electron chi connectivity index (χ3n) is 1.45. The van der Waals surface area contributed by atoms with Crippen LogP contribution in [0.15, 0.2) is 42.0 Å². The lowest BCUT2D eigenvalue weighted by Crippen LogP contribution is -1.90. The summed E-state index contributed by atoms with van der Waals surface area (Å²) in [6, 6.07) is 5.98. The molecule has 1 N–H and O–H groups in total. The average molecular weight is 191 g/mol. The maximum atomic E-state index is 10.3. The Kier molecular flexibility index (Phi) is 3.37. The Morgan fingerprint density at radius 1 is 1.43 bits per heavy atom. The van der Waals surface area contributed by atoms with Crippen LogP contribution in [0.2, 0.25) is 0 Å². The summed E-state index contributed by atoms with van der Waals surface area (Å²) in [5, 5.41) is 14.1. The molecule has 0 saturated carbocycles. The Morgan fingerprint density at radius 2 is 2.07 bits per heavy atom. The van der Waals surface area contributed by atoms with Crippen molar-refractivity contribution < 1.29 is 4.92 Å². The number of hydrogen-bond acceptors (Lipinski definition) is 4. The zero-order chi connectivity index (χ0) is 10.4. The van der Waals surface area contributed by atoms with Gasteiger partial charge in [-0.1, -0.05) is 6.58 Å².